The first kappa shape index (κ1) is 24.0. The maximum Gasteiger partial charge on any atom is 0.224 e. The average Bonchev–Trinajstić information content (AvgIpc) is 2.93. The average molecular weight is 479 g/mol. The van der Waals surface area contributed by atoms with Gasteiger partial charge in [-0.05, 0) is 60.8 Å². The number of hydrogen-bond acceptors (Lipinski definition) is 4. The molecule has 5 heteroatoms. The molecule has 0 aliphatic carbocycles. The minimum absolute atomic E-state index is 0.0532. The van der Waals surface area contributed by atoms with Gasteiger partial charge in [0.15, 0.2) is 0 Å². The lowest BCUT2D eigenvalue weighted by Gasteiger charge is -2.38. The summed E-state index contributed by atoms with van der Waals surface area (Å²) in [6.07, 6.45) is 4.55. The normalized spacial score (nSPS) is 14.3. The standard InChI is InChI=1S/C31H34N4O/c1-34(23-26-9-5-11-30-29(26)10-6-18-32-30)27-16-19-35(20-17-27)28-14-12-24(13-15-28)21-31(36)33-22-25-7-3-2-4-8-25/h2-15,18,27H,16-17,19-23H2,1H3,(H,33,36). The first-order valence-electron chi connectivity index (χ1n) is 12.8. The van der Waals surface area contributed by atoms with Gasteiger partial charge in [-0.15, -0.1) is 0 Å². The fraction of sp³-hybridized carbons (Fsp3) is 0.290. The van der Waals surface area contributed by atoms with Crippen LogP contribution in [0.4, 0.5) is 5.69 Å². The topological polar surface area (TPSA) is 48.5 Å². The van der Waals surface area contributed by atoms with Gasteiger partial charge in [-0.25, -0.2) is 0 Å². The molecule has 1 N–H and O–H groups in total. The number of carbonyl (C=O) groups excluding carboxylic acids is 1. The monoisotopic (exact) mass is 478 g/mol. The summed E-state index contributed by atoms with van der Waals surface area (Å²) in [4.78, 5) is 21.8. The van der Waals surface area contributed by atoms with E-state index in [1.165, 1.54) is 16.6 Å². The molecule has 0 bridgehead atoms. The van der Waals surface area contributed by atoms with Gasteiger partial charge < -0.3 is 10.2 Å². The second-order valence-corrected chi connectivity index (χ2v) is 9.73. The van der Waals surface area contributed by atoms with Crippen molar-refractivity contribution in [3.05, 3.63) is 108 Å². The number of piperidine rings is 1. The number of amides is 1. The summed E-state index contributed by atoms with van der Waals surface area (Å²) in [6.45, 7) is 3.60. The Morgan fingerprint density at radius 2 is 1.69 bits per heavy atom. The van der Waals surface area contributed by atoms with Crippen LogP contribution in [0.2, 0.25) is 0 Å². The molecular weight excluding hydrogens is 444 g/mol. The van der Waals surface area contributed by atoms with Gasteiger partial charge in [-0.2, -0.15) is 0 Å². The smallest absolute Gasteiger partial charge is 0.224 e. The first-order valence-corrected chi connectivity index (χ1v) is 12.8. The summed E-state index contributed by atoms with van der Waals surface area (Å²) in [7, 11) is 2.24. The van der Waals surface area contributed by atoms with Crippen molar-refractivity contribution in [3.63, 3.8) is 0 Å². The van der Waals surface area contributed by atoms with Crippen molar-refractivity contribution >= 4 is 22.5 Å². The molecule has 1 aliphatic rings. The van der Waals surface area contributed by atoms with E-state index >= 15 is 0 Å². The molecule has 1 aromatic heterocycles. The van der Waals surface area contributed by atoms with Crippen LogP contribution < -0.4 is 10.2 Å². The highest BCUT2D eigenvalue weighted by atomic mass is 16.1. The van der Waals surface area contributed by atoms with E-state index in [4.69, 9.17) is 0 Å². The van der Waals surface area contributed by atoms with Crippen LogP contribution in [0.1, 0.15) is 29.5 Å². The van der Waals surface area contributed by atoms with E-state index in [1.807, 2.05) is 42.6 Å². The van der Waals surface area contributed by atoms with Gasteiger partial charge in [0.25, 0.3) is 0 Å². The number of pyridine rings is 1. The molecule has 0 radical (unpaired) electrons. The predicted molar refractivity (Wildman–Crippen MR) is 147 cm³/mol. The van der Waals surface area contributed by atoms with E-state index in [0.717, 1.165) is 49.1 Å². The highest BCUT2D eigenvalue weighted by molar-refractivity contribution is 5.82. The van der Waals surface area contributed by atoms with Crippen LogP contribution >= 0.6 is 0 Å². The lowest BCUT2D eigenvalue weighted by atomic mass is 10.0. The second-order valence-electron chi connectivity index (χ2n) is 9.73. The van der Waals surface area contributed by atoms with E-state index in [1.54, 1.807) is 0 Å². The number of nitrogens with one attached hydrogen (secondary N) is 1. The fourth-order valence-electron chi connectivity index (χ4n) is 5.14. The highest BCUT2D eigenvalue weighted by Crippen LogP contribution is 2.25. The molecule has 0 spiro atoms. The Hall–Kier alpha value is -3.70. The lowest BCUT2D eigenvalue weighted by Crippen LogP contribution is -2.43. The number of carbonyl (C=O) groups is 1. The molecule has 184 valence electrons. The number of anilines is 1. The third kappa shape index (κ3) is 5.92. The molecule has 2 heterocycles. The number of rotatable bonds is 8. The minimum atomic E-state index is 0.0532. The van der Waals surface area contributed by atoms with Crippen LogP contribution in [-0.2, 0) is 24.3 Å². The van der Waals surface area contributed by atoms with Crippen LogP contribution in [0.25, 0.3) is 10.9 Å². The Balaban J connectivity index is 1.10. The molecule has 0 saturated carbocycles. The SMILES string of the molecule is CN(Cc1cccc2ncccc12)C1CCN(c2ccc(CC(=O)NCc3ccccc3)cc2)CC1. The van der Waals surface area contributed by atoms with E-state index in [0.29, 0.717) is 19.0 Å². The van der Waals surface area contributed by atoms with Crippen molar-refractivity contribution < 1.29 is 4.79 Å². The zero-order chi connectivity index (χ0) is 24.7. The summed E-state index contributed by atoms with van der Waals surface area (Å²) < 4.78 is 0. The summed E-state index contributed by atoms with van der Waals surface area (Å²) >= 11 is 0. The van der Waals surface area contributed by atoms with E-state index in [-0.39, 0.29) is 5.91 Å². The van der Waals surface area contributed by atoms with Crippen LogP contribution in [0.5, 0.6) is 0 Å². The zero-order valence-electron chi connectivity index (χ0n) is 20.9. The molecule has 4 aromatic rings. The maximum absolute atomic E-state index is 12.3. The molecule has 5 nitrogen and oxygen atoms in total. The zero-order valence-corrected chi connectivity index (χ0v) is 20.9. The maximum atomic E-state index is 12.3. The van der Waals surface area contributed by atoms with Crippen LogP contribution in [0.15, 0.2) is 91.1 Å². The van der Waals surface area contributed by atoms with Crippen molar-refractivity contribution in [1.29, 1.82) is 0 Å². The Bertz CT molecular complexity index is 1280. The van der Waals surface area contributed by atoms with Crippen molar-refractivity contribution in [2.45, 2.75) is 38.4 Å². The largest absolute Gasteiger partial charge is 0.371 e. The van der Waals surface area contributed by atoms with Crippen molar-refractivity contribution in [3.8, 4) is 0 Å². The molecule has 5 rings (SSSR count). The Labute approximate surface area is 213 Å². The minimum Gasteiger partial charge on any atom is -0.371 e. The van der Waals surface area contributed by atoms with Crippen LogP contribution in [0.3, 0.4) is 0 Å². The number of aromatic nitrogens is 1. The molecule has 1 saturated heterocycles. The Morgan fingerprint density at radius 3 is 2.47 bits per heavy atom. The number of benzene rings is 3. The van der Waals surface area contributed by atoms with Gasteiger partial charge in [0.2, 0.25) is 5.91 Å². The van der Waals surface area contributed by atoms with E-state index in [9.17, 15) is 4.79 Å². The number of fused-ring (bicyclic) bond motifs is 1. The fourth-order valence-corrected chi connectivity index (χ4v) is 5.14. The number of hydrogen-bond donors (Lipinski definition) is 1. The third-order valence-corrected chi connectivity index (χ3v) is 7.24. The van der Waals surface area contributed by atoms with Crippen molar-refractivity contribution in [2.75, 3.05) is 25.0 Å². The van der Waals surface area contributed by atoms with Gasteiger partial charge in [0.05, 0.1) is 11.9 Å². The van der Waals surface area contributed by atoms with Gasteiger partial charge >= 0.3 is 0 Å². The van der Waals surface area contributed by atoms with Gasteiger partial charge in [-0.3, -0.25) is 14.7 Å². The van der Waals surface area contributed by atoms with Crippen LogP contribution in [0, 0.1) is 0 Å². The van der Waals surface area contributed by atoms with Crippen molar-refractivity contribution in [1.82, 2.24) is 15.2 Å². The predicted octanol–water partition coefficient (Wildman–Crippen LogP) is 5.19. The highest BCUT2D eigenvalue weighted by Gasteiger charge is 2.23. The quantitative estimate of drug-likeness (QED) is 0.378. The molecule has 1 aliphatic heterocycles. The van der Waals surface area contributed by atoms with E-state index < -0.39 is 0 Å². The summed E-state index contributed by atoms with van der Waals surface area (Å²) in [5.41, 5.74) is 5.81. The molecule has 36 heavy (non-hydrogen) atoms. The van der Waals surface area contributed by atoms with Gasteiger partial charge in [-0.1, -0.05) is 60.7 Å². The molecule has 1 fully saturated rings. The lowest BCUT2D eigenvalue weighted by molar-refractivity contribution is -0.120. The molecule has 0 unspecified atom stereocenters. The summed E-state index contributed by atoms with van der Waals surface area (Å²) in [5.74, 6) is 0.0532. The summed E-state index contributed by atoms with van der Waals surface area (Å²) in [5, 5.41) is 4.26. The van der Waals surface area contributed by atoms with Gasteiger partial charge in [0.1, 0.15) is 0 Å². The first-order chi connectivity index (χ1) is 17.7. The van der Waals surface area contributed by atoms with E-state index in [2.05, 4.69) is 75.7 Å². The van der Waals surface area contributed by atoms with Crippen molar-refractivity contribution in [2.24, 2.45) is 0 Å². The van der Waals surface area contributed by atoms with Crippen LogP contribution in [-0.4, -0.2) is 42.0 Å². The molecule has 3 aromatic carbocycles. The summed E-state index contributed by atoms with van der Waals surface area (Å²) in [6, 6.07) is 29.7. The third-order valence-electron chi connectivity index (χ3n) is 7.24. The molecule has 1 amide bonds. The second kappa shape index (κ2) is 11.4. The number of nitrogens with zero attached hydrogens (tertiary/aromatic N) is 3. The van der Waals surface area contributed by atoms with Gasteiger partial charge in [0, 0.05) is 49.5 Å². The molecule has 0 atom stereocenters. The Morgan fingerprint density at radius 1 is 0.917 bits per heavy atom. The Kier molecular flexibility index (Phi) is 7.58. The molecular formula is C31H34N4O.